The van der Waals surface area contributed by atoms with E-state index in [4.69, 9.17) is 4.74 Å². The Kier molecular flexibility index (Phi) is 7.06. The highest BCUT2D eigenvalue weighted by molar-refractivity contribution is 6.35. The molecule has 5 heteroatoms. The lowest BCUT2D eigenvalue weighted by atomic mass is 10.0. The quantitative estimate of drug-likeness (QED) is 0.590. The summed E-state index contributed by atoms with van der Waals surface area (Å²) in [7, 11) is 0. The van der Waals surface area contributed by atoms with Gasteiger partial charge in [0, 0.05) is 13.1 Å². The van der Waals surface area contributed by atoms with Crippen LogP contribution in [0.1, 0.15) is 37.5 Å². The summed E-state index contributed by atoms with van der Waals surface area (Å²) < 4.78 is 5.60. The fourth-order valence-electron chi connectivity index (χ4n) is 3.57. The Morgan fingerprint density at radius 1 is 0.967 bits per heavy atom. The molecule has 2 aromatic carbocycles. The minimum Gasteiger partial charge on any atom is -0.377 e. The number of imide groups is 1. The molecule has 3 rings (SSSR count). The molecule has 0 radical (unpaired) electrons. The van der Waals surface area contributed by atoms with E-state index in [1.165, 1.54) is 4.90 Å². The summed E-state index contributed by atoms with van der Waals surface area (Å²) in [6.45, 7) is 9.65. The molecule has 0 atom stereocenters. The minimum atomic E-state index is -0.252. The first-order valence-electron chi connectivity index (χ1n) is 10.5. The molecule has 0 fully saturated rings. The lowest BCUT2D eigenvalue weighted by Gasteiger charge is -2.25. The number of carbonyl (C=O) groups excluding carboxylic acids is 2. The van der Waals surface area contributed by atoms with Gasteiger partial charge in [-0.1, -0.05) is 60.2 Å². The molecule has 0 spiro atoms. The summed E-state index contributed by atoms with van der Waals surface area (Å²) in [6, 6.07) is 17.8. The van der Waals surface area contributed by atoms with Gasteiger partial charge in [0.05, 0.1) is 24.8 Å². The van der Waals surface area contributed by atoms with Crippen LogP contribution < -0.4 is 0 Å². The molecule has 1 aliphatic heterocycles. The van der Waals surface area contributed by atoms with Crippen LogP contribution in [-0.4, -0.2) is 47.4 Å². The molecule has 158 valence electrons. The number of benzene rings is 2. The average molecular weight is 407 g/mol. The summed E-state index contributed by atoms with van der Waals surface area (Å²) in [5, 5.41) is 0. The van der Waals surface area contributed by atoms with Gasteiger partial charge in [0.2, 0.25) is 0 Å². The number of hydrogen-bond donors (Lipinski definition) is 0. The third-order valence-corrected chi connectivity index (χ3v) is 5.16. The molecule has 2 aromatic rings. The maximum atomic E-state index is 13.4. The van der Waals surface area contributed by atoms with E-state index in [-0.39, 0.29) is 24.5 Å². The molecule has 0 N–H and O–H groups in total. The SMILES string of the molecule is CCN(Cc1ccccc1)C1=C(c2ccc(C)cc2)C(=O)N(CCOC(C)C)C1=O. The summed E-state index contributed by atoms with van der Waals surface area (Å²) in [4.78, 5) is 30.0. The molecule has 0 saturated heterocycles. The van der Waals surface area contributed by atoms with Gasteiger partial charge in [-0.25, -0.2) is 0 Å². The second-order valence-electron chi connectivity index (χ2n) is 7.77. The lowest BCUT2D eigenvalue weighted by molar-refractivity contribution is -0.138. The van der Waals surface area contributed by atoms with Gasteiger partial charge in [0.25, 0.3) is 11.8 Å². The second-order valence-corrected chi connectivity index (χ2v) is 7.77. The van der Waals surface area contributed by atoms with Crippen LogP contribution in [0.4, 0.5) is 0 Å². The minimum absolute atomic E-state index is 0.0482. The monoisotopic (exact) mass is 406 g/mol. The van der Waals surface area contributed by atoms with Crippen molar-refractivity contribution in [2.75, 3.05) is 19.7 Å². The number of hydrogen-bond acceptors (Lipinski definition) is 4. The molecule has 0 bridgehead atoms. The largest absolute Gasteiger partial charge is 0.377 e. The summed E-state index contributed by atoms with van der Waals surface area (Å²) in [6.07, 6.45) is 0.0482. The predicted octanol–water partition coefficient (Wildman–Crippen LogP) is 4.02. The van der Waals surface area contributed by atoms with Crippen LogP contribution in [0.3, 0.4) is 0 Å². The maximum Gasteiger partial charge on any atom is 0.277 e. The molecule has 30 heavy (non-hydrogen) atoms. The average Bonchev–Trinajstić information content (AvgIpc) is 2.98. The van der Waals surface area contributed by atoms with Gasteiger partial charge < -0.3 is 9.64 Å². The van der Waals surface area contributed by atoms with Gasteiger partial charge in [-0.2, -0.15) is 0 Å². The fraction of sp³-hybridized carbons (Fsp3) is 0.360. The van der Waals surface area contributed by atoms with Gasteiger partial charge in [-0.3, -0.25) is 14.5 Å². The summed E-state index contributed by atoms with van der Waals surface area (Å²) >= 11 is 0. The van der Waals surface area contributed by atoms with Crippen LogP contribution in [-0.2, 0) is 20.9 Å². The number of amides is 2. The molecular formula is C25H30N2O3. The number of carbonyl (C=O) groups is 2. The van der Waals surface area contributed by atoms with Crippen molar-refractivity contribution < 1.29 is 14.3 Å². The highest BCUT2D eigenvalue weighted by Crippen LogP contribution is 2.32. The second kappa shape index (κ2) is 9.72. The first-order valence-corrected chi connectivity index (χ1v) is 10.5. The topological polar surface area (TPSA) is 49.9 Å². The van der Waals surface area contributed by atoms with Gasteiger partial charge in [0.1, 0.15) is 5.70 Å². The van der Waals surface area contributed by atoms with Crippen molar-refractivity contribution in [1.82, 2.24) is 9.80 Å². The smallest absolute Gasteiger partial charge is 0.277 e. The number of ether oxygens (including phenoxy) is 1. The standard InChI is InChI=1S/C25H30N2O3/c1-5-26(17-20-9-7-6-8-10-20)23-22(21-13-11-19(4)12-14-21)24(28)27(25(23)29)15-16-30-18(2)3/h6-14,18H,5,15-17H2,1-4H3. The van der Waals surface area contributed by atoms with Crippen molar-refractivity contribution in [1.29, 1.82) is 0 Å². The Balaban J connectivity index is 1.98. The zero-order valence-electron chi connectivity index (χ0n) is 18.2. The van der Waals surface area contributed by atoms with Crippen LogP contribution in [0, 0.1) is 6.92 Å². The molecule has 0 aliphatic carbocycles. The first kappa shape index (κ1) is 21.8. The predicted molar refractivity (Wildman–Crippen MR) is 118 cm³/mol. The number of aryl methyl sites for hydroxylation is 1. The van der Waals surface area contributed by atoms with E-state index in [0.717, 1.165) is 16.7 Å². The molecule has 1 aliphatic rings. The molecule has 1 heterocycles. The first-order chi connectivity index (χ1) is 14.4. The van der Waals surface area contributed by atoms with E-state index in [1.54, 1.807) is 0 Å². The fourth-order valence-corrected chi connectivity index (χ4v) is 3.57. The molecule has 0 saturated carbocycles. The van der Waals surface area contributed by atoms with Crippen LogP contribution in [0.15, 0.2) is 60.3 Å². The van der Waals surface area contributed by atoms with E-state index in [9.17, 15) is 9.59 Å². The highest BCUT2D eigenvalue weighted by atomic mass is 16.5. The summed E-state index contributed by atoms with van der Waals surface area (Å²) in [5.74, 6) is -0.501. The Hall–Kier alpha value is -2.92. The van der Waals surface area contributed by atoms with Gasteiger partial charge >= 0.3 is 0 Å². The van der Waals surface area contributed by atoms with Crippen molar-refractivity contribution in [3.05, 3.63) is 77.0 Å². The van der Waals surface area contributed by atoms with Gasteiger partial charge in [-0.15, -0.1) is 0 Å². The third kappa shape index (κ3) is 4.79. The lowest BCUT2D eigenvalue weighted by Crippen LogP contribution is -2.37. The Morgan fingerprint density at radius 3 is 2.23 bits per heavy atom. The van der Waals surface area contributed by atoms with Gasteiger partial charge in [0.15, 0.2) is 0 Å². The highest BCUT2D eigenvalue weighted by Gasteiger charge is 2.41. The van der Waals surface area contributed by atoms with Crippen molar-refractivity contribution in [2.45, 2.75) is 40.3 Å². The molecular weight excluding hydrogens is 376 g/mol. The number of likely N-dealkylation sites (N-methyl/N-ethyl adjacent to an activating group) is 1. The third-order valence-electron chi connectivity index (χ3n) is 5.16. The zero-order chi connectivity index (χ0) is 21.7. The van der Waals surface area contributed by atoms with Crippen molar-refractivity contribution >= 4 is 17.4 Å². The Labute approximate surface area is 178 Å². The Morgan fingerprint density at radius 2 is 1.63 bits per heavy atom. The Bertz CT molecular complexity index is 917. The van der Waals surface area contributed by atoms with Gasteiger partial charge in [-0.05, 0) is 38.8 Å². The zero-order valence-corrected chi connectivity index (χ0v) is 18.2. The molecule has 0 aromatic heterocycles. The van der Waals surface area contributed by atoms with Crippen LogP contribution in [0.5, 0.6) is 0 Å². The molecule has 2 amide bonds. The maximum absolute atomic E-state index is 13.4. The summed E-state index contributed by atoms with van der Waals surface area (Å²) in [5.41, 5.74) is 3.92. The number of nitrogens with zero attached hydrogens (tertiary/aromatic N) is 2. The van der Waals surface area contributed by atoms with Crippen molar-refractivity contribution in [3.63, 3.8) is 0 Å². The van der Waals surface area contributed by atoms with E-state index < -0.39 is 0 Å². The van der Waals surface area contributed by atoms with Crippen LogP contribution in [0.2, 0.25) is 0 Å². The molecule has 0 unspecified atom stereocenters. The van der Waals surface area contributed by atoms with Crippen LogP contribution in [0.25, 0.3) is 5.57 Å². The van der Waals surface area contributed by atoms with E-state index in [0.29, 0.717) is 31.0 Å². The number of rotatable bonds is 9. The van der Waals surface area contributed by atoms with E-state index in [1.807, 2.05) is 87.2 Å². The van der Waals surface area contributed by atoms with Crippen molar-refractivity contribution in [3.8, 4) is 0 Å². The van der Waals surface area contributed by atoms with E-state index >= 15 is 0 Å². The van der Waals surface area contributed by atoms with E-state index in [2.05, 4.69) is 0 Å². The normalized spacial score (nSPS) is 14.2. The molecule has 5 nitrogen and oxygen atoms in total. The van der Waals surface area contributed by atoms with Crippen molar-refractivity contribution in [2.24, 2.45) is 0 Å². The van der Waals surface area contributed by atoms with Crippen LogP contribution >= 0.6 is 0 Å².